The van der Waals surface area contributed by atoms with Crippen molar-refractivity contribution in [3.05, 3.63) is 95.6 Å². The van der Waals surface area contributed by atoms with E-state index in [1.807, 2.05) is 61.5 Å². The van der Waals surface area contributed by atoms with Gasteiger partial charge in [0.15, 0.2) is 0 Å². The van der Waals surface area contributed by atoms with Crippen molar-refractivity contribution in [3.8, 4) is 22.9 Å². The molecule has 1 aliphatic heterocycles. The molecule has 7 nitrogen and oxygen atoms in total. The normalized spacial score (nSPS) is 15.0. The second kappa shape index (κ2) is 10.6. The molecule has 1 saturated heterocycles. The molecule has 5 rings (SSSR count). The molecule has 1 N–H and O–H groups in total. The Balaban J connectivity index is 1.29. The van der Waals surface area contributed by atoms with Crippen LogP contribution < -0.4 is 5.32 Å². The summed E-state index contributed by atoms with van der Waals surface area (Å²) in [5, 5.41) is 11.6. The molecule has 7 heteroatoms. The van der Waals surface area contributed by atoms with E-state index in [-0.39, 0.29) is 11.9 Å². The van der Waals surface area contributed by atoms with Gasteiger partial charge < -0.3 is 14.5 Å². The average molecular weight is 469 g/mol. The molecule has 4 aromatic rings. The van der Waals surface area contributed by atoms with Crippen molar-refractivity contribution in [2.75, 3.05) is 32.8 Å². The van der Waals surface area contributed by atoms with Gasteiger partial charge in [-0.2, -0.15) is 0 Å². The summed E-state index contributed by atoms with van der Waals surface area (Å²) in [6.07, 6.45) is 0. The molecule has 1 unspecified atom stereocenters. The third-order valence-electron chi connectivity index (χ3n) is 6.17. The highest BCUT2D eigenvalue weighted by atomic mass is 16.5. The molecule has 1 fully saturated rings. The van der Waals surface area contributed by atoms with Crippen LogP contribution in [0.4, 0.5) is 0 Å². The summed E-state index contributed by atoms with van der Waals surface area (Å²) in [7, 11) is 0. The predicted octanol–water partition coefficient (Wildman–Crippen LogP) is 4.52. The first-order valence-electron chi connectivity index (χ1n) is 11.8. The van der Waals surface area contributed by atoms with Crippen molar-refractivity contribution in [2.45, 2.75) is 13.0 Å². The summed E-state index contributed by atoms with van der Waals surface area (Å²) in [5.74, 6) is 0.766. The second-order valence-corrected chi connectivity index (χ2v) is 8.71. The summed E-state index contributed by atoms with van der Waals surface area (Å²) in [5.41, 5.74) is 4.47. The minimum Gasteiger partial charge on any atom is -0.416 e. The summed E-state index contributed by atoms with van der Waals surface area (Å²) in [6, 6.07) is 25.1. The molecule has 1 aliphatic rings. The van der Waals surface area contributed by atoms with Gasteiger partial charge in [-0.1, -0.05) is 48.0 Å². The Hall–Kier alpha value is -3.81. The lowest BCUT2D eigenvalue weighted by Crippen LogP contribution is -2.43. The second-order valence-electron chi connectivity index (χ2n) is 8.71. The van der Waals surface area contributed by atoms with E-state index in [2.05, 4.69) is 32.5 Å². The summed E-state index contributed by atoms with van der Waals surface area (Å²) in [6.45, 7) is 5.94. The van der Waals surface area contributed by atoms with Crippen molar-refractivity contribution < 1.29 is 13.9 Å². The van der Waals surface area contributed by atoms with Gasteiger partial charge in [-0.05, 0) is 48.9 Å². The standard InChI is InChI=1S/C28H28N4O3/c1-20-7-9-23(10-8-20)27-30-31-28(35-27)24-13-11-22(12-14-24)26(33)29-25(21-5-3-2-4-6-21)19-32-15-17-34-18-16-32/h2-14,25H,15-19H2,1H3,(H,29,33). The van der Waals surface area contributed by atoms with Gasteiger partial charge in [-0.3, -0.25) is 9.69 Å². The maximum Gasteiger partial charge on any atom is 0.251 e. The fraction of sp³-hybridized carbons (Fsp3) is 0.250. The van der Waals surface area contributed by atoms with E-state index in [1.54, 1.807) is 12.1 Å². The third-order valence-corrected chi connectivity index (χ3v) is 6.17. The first-order chi connectivity index (χ1) is 17.2. The molecule has 178 valence electrons. The van der Waals surface area contributed by atoms with Gasteiger partial charge in [0.2, 0.25) is 11.8 Å². The van der Waals surface area contributed by atoms with Crippen molar-refractivity contribution >= 4 is 5.91 Å². The maximum absolute atomic E-state index is 13.1. The van der Waals surface area contributed by atoms with E-state index >= 15 is 0 Å². The number of amides is 1. The Morgan fingerprint density at radius 1 is 0.886 bits per heavy atom. The smallest absolute Gasteiger partial charge is 0.251 e. The molecule has 2 heterocycles. The van der Waals surface area contributed by atoms with Gasteiger partial charge in [0, 0.05) is 36.3 Å². The van der Waals surface area contributed by atoms with Crippen LogP contribution in [0.1, 0.15) is 27.5 Å². The Bertz CT molecular complexity index is 1250. The van der Waals surface area contributed by atoms with Gasteiger partial charge in [-0.25, -0.2) is 0 Å². The molecule has 35 heavy (non-hydrogen) atoms. The first kappa shape index (κ1) is 23.0. The average Bonchev–Trinajstić information content (AvgIpc) is 3.40. The summed E-state index contributed by atoms with van der Waals surface area (Å²) in [4.78, 5) is 15.5. The highest BCUT2D eigenvalue weighted by Gasteiger charge is 2.21. The molecule has 0 bridgehead atoms. The highest BCUT2D eigenvalue weighted by molar-refractivity contribution is 5.94. The number of morpholine rings is 1. The van der Waals surface area contributed by atoms with Crippen LogP contribution in [0.15, 0.2) is 83.3 Å². The Morgan fingerprint density at radius 3 is 2.11 bits per heavy atom. The molecule has 1 atom stereocenters. The van der Waals surface area contributed by atoms with Gasteiger partial charge in [0.05, 0.1) is 19.3 Å². The van der Waals surface area contributed by atoms with Gasteiger partial charge in [0.25, 0.3) is 5.91 Å². The number of hydrogen-bond donors (Lipinski definition) is 1. The number of benzene rings is 3. The number of carbonyl (C=O) groups excluding carboxylic acids is 1. The highest BCUT2D eigenvalue weighted by Crippen LogP contribution is 2.25. The quantitative estimate of drug-likeness (QED) is 0.430. The zero-order valence-corrected chi connectivity index (χ0v) is 19.7. The minimum atomic E-state index is -0.121. The molecule has 0 radical (unpaired) electrons. The van der Waals surface area contributed by atoms with Crippen molar-refractivity contribution in [1.82, 2.24) is 20.4 Å². The first-order valence-corrected chi connectivity index (χ1v) is 11.8. The Kier molecular flexibility index (Phi) is 6.97. The van der Waals surface area contributed by atoms with Crippen LogP contribution in [0.2, 0.25) is 0 Å². The number of ether oxygens (including phenoxy) is 1. The van der Waals surface area contributed by atoms with Crippen LogP contribution in [0, 0.1) is 6.92 Å². The number of nitrogens with zero attached hydrogens (tertiary/aromatic N) is 3. The Labute approximate surface area is 204 Å². The van der Waals surface area contributed by atoms with E-state index < -0.39 is 0 Å². The molecular weight excluding hydrogens is 440 g/mol. The molecule has 0 aliphatic carbocycles. The maximum atomic E-state index is 13.1. The van der Waals surface area contributed by atoms with E-state index in [0.717, 1.165) is 49.5 Å². The van der Waals surface area contributed by atoms with Gasteiger partial charge >= 0.3 is 0 Å². The van der Waals surface area contributed by atoms with Crippen molar-refractivity contribution in [2.24, 2.45) is 0 Å². The third kappa shape index (κ3) is 5.65. The van der Waals surface area contributed by atoms with Crippen molar-refractivity contribution in [1.29, 1.82) is 0 Å². The molecule has 3 aromatic carbocycles. The molecule has 1 aromatic heterocycles. The number of aromatic nitrogens is 2. The number of nitrogens with one attached hydrogen (secondary N) is 1. The van der Waals surface area contributed by atoms with Crippen LogP contribution in [0.3, 0.4) is 0 Å². The van der Waals surface area contributed by atoms with Crippen LogP contribution in [-0.2, 0) is 4.74 Å². The zero-order valence-electron chi connectivity index (χ0n) is 19.7. The van der Waals surface area contributed by atoms with Crippen LogP contribution in [0.25, 0.3) is 22.9 Å². The monoisotopic (exact) mass is 468 g/mol. The number of aryl methyl sites for hydroxylation is 1. The Morgan fingerprint density at radius 2 is 1.49 bits per heavy atom. The predicted molar refractivity (Wildman–Crippen MR) is 134 cm³/mol. The molecular formula is C28H28N4O3. The molecule has 0 spiro atoms. The van der Waals surface area contributed by atoms with E-state index in [1.165, 1.54) is 5.56 Å². The van der Waals surface area contributed by atoms with Crippen LogP contribution in [-0.4, -0.2) is 53.9 Å². The largest absolute Gasteiger partial charge is 0.416 e. The topological polar surface area (TPSA) is 80.5 Å². The SMILES string of the molecule is Cc1ccc(-c2nnc(-c3ccc(C(=O)NC(CN4CCOCC4)c4ccccc4)cc3)o2)cc1. The lowest BCUT2D eigenvalue weighted by Gasteiger charge is -2.31. The number of rotatable bonds is 7. The fourth-order valence-electron chi connectivity index (χ4n) is 4.12. The fourth-order valence-corrected chi connectivity index (χ4v) is 4.12. The molecule has 0 saturated carbocycles. The number of hydrogen-bond acceptors (Lipinski definition) is 6. The molecule has 1 amide bonds. The number of carbonyl (C=O) groups is 1. The van der Waals surface area contributed by atoms with Gasteiger partial charge in [0.1, 0.15) is 0 Å². The van der Waals surface area contributed by atoms with E-state index in [4.69, 9.17) is 9.15 Å². The van der Waals surface area contributed by atoms with Crippen LogP contribution >= 0.6 is 0 Å². The lowest BCUT2D eigenvalue weighted by molar-refractivity contribution is 0.0332. The van der Waals surface area contributed by atoms with E-state index in [0.29, 0.717) is 17.3 Å². The summed E-state index contributed by atoms with van der Waals surface area (Å²) >= 11 is 0. The van der Waals surface area contributed by atoms with Crippen LogP contribution in [0.5, 0.6) is 0 Å². The minimum absolute atomic E-state index is 0.116. The van der Waals surface area contributed by atoms with E-state index in [9.17, 15) is 4.79 Å². The summed E-state index contributed by atoms with van der Waals surface area (Å²) < 4.78 is 11.3. The lowest BCUT2D eigenvalue weighted by atomic mass is 10.0. The van der Waals surface area contributed by atoms with Gasteiger partial charge in [-0.15, -0.1) is 10.2 Å². The van der Waals surface area contributed by atoms with Crippen molar-refractivity contribution in [3.63, 3.8) is 0 Å². The zero-order chi connectivity index (χ0) is 24.0.